The second-order valence-electron chi connectivity index (χ2n) is 9.35. The summed E-state index contributed by atoms with van der Waals surface area (Å²) in [5, 5.41) is 0. The first-order valence-corrected chi connectivity index (χ1v) is 15.5. The molecule has 0 aliphatic carbocycles. The summed E-state index contributed by atoms with van der Waals surface area (Å²) < 4.78 is 11.1. The normalized spacial score (nSPS) is 12.9. The number of esters is 1. The van der Waals surface area contributed by atoms with Crippen molar-refractivity contribution in [3.05, 3.63) is 0 Å². The van der Waals surface area contributed by atoms with E-state index in [9.17, 15) is 4.79 Å². The molecule has 4 heteroatoms. The Kier molecular flexibility index (Phi) is 18.4. The molecule has 0 spiro atoms. The Morgan fingerprint density at radius 1 is 0.714 bits per heavy atom. The maximum Gasteiger partial charge on any atom is 0.305 e. The summed E-state index contributed by atoms with van der Waals surface area (Å²) in [7, 11) is 0.00313. The smallest absolute Gasteiger partial charge is 0.305 e. The van der Waals surface area contributed by atoms with Crippen molar-refractivity contribution in [2.24, 2.45) is 0 Å². The minimum atomic E-state index is -1.46. The summed E-state index contributed by atoms with van der Waals surface area (Å²) in [5.74, 6) is -0.0791. The zero-order valence-electron chi connectivity index (χ0n) is 19.8. The molecule has 0 radical (unpaired) electrons. The molecule has 3 nitrogen and oxygen atoms in total. The summed E-state index contributed by atoms with van der Waals surface area (Å²) in [6.45, 7) is 9.21. The molecule has 0 saturated heterocycles. The monoisotopic (exact) mass is 414 g/mol. The number of carbonyl (C=O) groups is 1. The second kappa shape index (κ2) is 18.7. The highest BCUT2D eigenvalue weighted by Crippen LogP contribution is 2.20. The van der Waals surface area contributed by atoms with Crippen molar-refractivity contribution in [1.82, 2.24) is 0 Å². The van der Waals surface area contributed by atoms with E-state index in [2.05, 4.69) is 31.3 Å². The average Bonchev–Trinajstić information content (AvgIpc) is 2.64. The van der Waals surface area contributed by atoms with Crippen LogP contribution in [0.3, 0.4) is 0 Å². The number of carbonyl (C=O) groups excluding carboxylic acids is 1. The average molecular weight is 415 g/mol. The maximum atomic E-state index is 11.1. The molecule has 0 amide bonds. The highest BCUT2D eigenvalue weighted by atomic mass is 28.4. The van der Waals surface area contributed by atoms with Gasteiger partial charge in [-0.1, -0.05) is 90.4 Å². The Balaban J connectivity index is 3.78. The zero-order valence-corrected chi connectivity index (χ0v) is 20.8. The van der Waals surface area contributed by atoms with E-state index in [0.29, 0.717) is 12.5 Å². The van der Waals surface area contributed by atoms with Crippen molar-refractivity contribution in [3.8, 4) is 0 Å². The first kappa shape index (κ1) is 27.6. The molecule has 0 fully saturated rings. The second-order valence-corrected chi connectivity index (χ2v) is 13.8. The van der Waals surface area contributed by atoms with Crippen molar-refractivity contribution < 1.29 is 14.0 Å². The van der Waals surface area contributed by atoms with E-state index in [1.54, 1.807) is 0 Å². The highest BCUT2D eigenvalue weighted by Gasteiger charge is 2.20. The molecule has 0 bridgehead atoms. The van der Waals surface area contributed by atoms with Gasteiger partial charge >= 0.3 is 5.97 Å². The Labute approximate surface area is 177 Å². The van der Waals surface area contributed by atoms with E-state index in [4.69, 9.17) is 4.43 Å². The molecule has 0 aromatic carbocycles. The van der Waals surface area contributed by atoms with Crippen LogP contribution in [-0.4, -0.2) is 27.5 Å². The zero-order chi connectivity index (χ0) is 21.1. The lowest BCUT2D eigenvalue weighted by molar-refractivity contribution is -0.140. The number of hydrogen-bond acceptors (Lipinski definition) is 3. The quantitative estimate of drug-likeness (QED) is 0.115. The van der Waals surface area contributed by atoms with Crippen LogP contribution in [0.2, 0.25) is 19.6 Å². The van der Waals surface area contributed by atoms with Gasteiger partial charge < -0.3 is 9.16 Å². The molecule has 0 saturated carbocycles. The fraction of sp³-hybridized carbons (Fsp3) is 0.958. The van der Waals surface area contributed by atoms with Gasteiger partial charge in [0, 0.05) is 12.5 Å². The van der Waals surface area contributed by atoms with Gasteiger partial charge in [-0.15, -0.1) is 0 Å². The first-order valence-electron chi connectivity index (χ1n) is 12.1. The molecule has 0 aliphatic heterocycles. The molecule has 0 N–H and O–H groups in total. The van der Waals surface area contributed by atoms with Crippen molar-refractivity contribution >= 4 is 14.3 Å². The molecule has 0 aromatic rings. The standard InChI is InChI=1S/C24H50O3Si/c1-6-7-8-9-10-11-12-14-17-20-23(27-28(3,4)5)21-18-15-13-16-19-22-24(25)26-2/h23H,6-22H2,1-5H3. The van der Waals surface area contributed by atoms with Crippen LogP contribution in [0.1, 0.15) is 116 Å². The molecule has 1 unspecified atom stereocenters. The Morgan fingerprint density at radius 3 is 1.57 bits per heavy atom. The molecule has 0 aromatic heterocycles. The van der Waals surface area contributed by atoms with Crippen LogP contribution in [0.5, 0.6) is 0 Å². The minimum absolute atomic E-state index is 0.0791. The van der Waals surface area contributed by atoms with Crippen LogP contribution in [0.4, 0.5) is 0 Å². The molecule has 0 rings (SSSR count). The SMILES string of the molecule is CCCCCCCCCCCC(CCCCCCCC(=O)OC)O[Si](C)(C)C. The van der Waals surface area contributed by atoms with Gasteiger partial charge in [0.15, 0.2) is 8.32 Å². The van der Waals surface area contributed by atoms with Crippen LogP contribution < -0.4 is 0 Å². The number of rotatable bonds is 20. The van der Waals surface area contributed by atoms with Crippen LogP contribution in [0.25, 0.3) is 0 Å². The summed E-state index contributed by atoms with van der Waals surface area (Å²) in [6, 6.07) is 0. The van der Waals surface area contributed by atoms with Crippen LogP contribution in [-0.2, 0) is 14.0 Å². The van der Waals surface area contributed by atoms with Gasteiger partial charge in [0.05, 0.1) is 7.11 Å². The van der Waals surface area contributed by atoms with Crippen molar-refractivity contribution in [2.75, 3.05) is 7.11 Å². The van der Waals surface area contributed by atoms with Crippen LogP contribution in [0.15, 0.2) is 0 Å². The van der Waals surface area contributed by atoms with E-state index in [1.165, 1.54) is 97.0 Å². The molecular weight excluding hydrogens is 364 g/mol. The van der Waals surface area contributed by atoms with E-state index in [-0.39, 0.29) is 5.97 Å². The van der Waals surface area contributed by atoms with Gasteiger partial charge in [0.2, 0.25) is 0 Å². The van der Waals surface area contributed by atoms with Gasteiger partial charge in [-0.05, 0) is 38.9 Å². The molecular formula is C24H50O3Si. The van der Waals surface area contributed by atoms with E-state index < -0.39 is 8.32 Å². The fourth-order valence-electron chi connectivity index (χ4n) is 3.72. The van der Waals surface area contributed by atoms with E-state index in [0.717, 1.165) is 12.8 Å². The van der Waals surface area contributed by atoms with Crippen molar-refractivity contribution in [2.45, 2.75) is 142 Å². The van der Waals surface area contributed by atoms with Gasteiger partial charge in [0.25, 0.3) is 0 Å². The Bertz CT molecular complexity index is 352. The summed E-state index contributed by atoms with van der Waals surface area (Å²) in [4.78, 5) is 11.1. The van der Waals surface area contributed by atoms with Crippen LogP contribution >= 0.6 is 0 Å². The van der Waals surface area contributed by atoms with Gasteiger partial charge in [-0.2, -0.15) is 0 Å². The van der Waals surface area contributed by atoms with Gasteiger partial charge in [0.1, 0.15) is 0 Å². The van der Waals surface area contributed by atoms with Crippen molar-refractivity contribution in [3.63, 3.8) is 0 Å². The minimum Gasteiger partial charge on any atom is -0.469 e. The summed E-state index contributed by atoms with van der Waals surface area (Å²) in [6.07, 6.45) is 21.8. The lowest BCUT2D eigenvalue weighted by Gasteiger charge is -2.26. The molecule has 1 atom stereocenters. The topological polar surface area (TPSA) is 35.5 Å². The summed E-state index contributed by atoms with van der Waals surface area (Å²) in [5.41, 5.74) is 0. The van der Waals surface area contributed by atoms with E-state index >= 15 is 0 Å². The Morgan fingerprint density at radius 2 is 1.14 bits per heavy atom. The third kappa shape index (κ3) is 20.4. The maximum absolute atomic E-state index is 11.1. The molecule has 0 heterocycles. The van der Waals surface area contributed by atoms with Gasteiger partial charge in [-0.3, -0.25) is 4.79 Å². The molecule has 28 heavy (non-hydrogen) atoms. The molecule has 0 aliphatic rings. The third-order valence-corrected chi connectivity index (χ3v) is 6.32. The largest absolute Gasteiger partial charge is 0.469 e. The van der Waals surface area contributed by atoms with E-state index in [1.807, 2.05) is 0 Å². The number of ether oxygens (including phenoxy) is 1. The Hall–Kier alpha value is -0.353. The number of hydrogen-bond donors (Lipinski definition) is 0. The number of unbranched alkanes of at least 4 members (excludes halogenated alkanes) is 12. The van der Waals surface area contributed by atoms with Gasteiger partial charge in [-0.25, -0.2) is 0 Å². The predicted octanol–water partition coefficient (Wildman–Crippen LogP) is 8.03. The first-order chi connectivity index (χ1) is 13.4. The third-order valence-electron chi connectivity index (χ3n) is 5.28. The fourth-order valence-corrected chi connectivity index (χ4v) is 4.95. The van der Waals surface area contributed by atoms with Crippen LogP contribution in [0, 0.1) is 0 Å². The number of methoxy groups -OCH3 is 1. The predicted molar refractivity (Wildman–Crippen MR) is 124 cm³/mol. The van der Waals surface area contributed by atoms with Crippen molar-refractivity contribution in [1.29, 1.82) is 0 Å². The molecule has 168 valence electrons. The lowest BCUT2D eigenvalue weighted by Crippen LogP contribution is -2.32. The summed E-state index contributed by atoms with van der Waals surface area (Å²) >= 11 is 0. The highest BCUT2D eigenvalue weighted by molar-refractivity contribution is 6.69. The lowest BCUT2D eigenvalue weighted by atomic mass is 10.0.